The van der Waals surface area contributed by atoms with Crippen LogP contribution in [0.15, 0.2) is 18.2 Å². The standard InChI is InChI=1S/C9H7ClO2/c10-8-4-3-7(2-1-5-11)6-9(8)12/h3-4,6,11-12H,5H2. The molecule has 0 amide bonds. The highest BCUT2D eigenvalue weighted by molar-refractivity contribution is 6.32. The van der Waals surface area contributed by atoms with Crippen LogP contribution >= 0.6 is 11.6 Å². The van der Waals surface area contributed by atoms with Crippen molar-refractivity contribution in [3.05, 3.63) is 28.8 Å². The zero-order valence-corrected chi connectivity index (χ0v) is 6.97. The summed E-state index contributed by atoms with van der Waals surface area (Å²) in [7, 11) is 0. The van der Waals surface area contributed by atoms with Crippen molar-refractivity contribution in [2.75, 3.05) is 6.61 Å². The molecule has 0 radical (unpaired) electrons. The molecule has 0 aliphatic heterocycles. The third kappa shape index (κ3) is 2.16. The summed E-state index contributed by atoms with van der Waals surface area (Å²) < 4.78 is 0. The second-order valence-corrected chi connectivity index (χ2v) is 2.53. The average Bonchev–Trinajstić information content (AvgIpc) is 2.07. The lowest BCUT2D eigenvalue weighted by Crippen LogP contribution is -1.77. The fourth-order valence-corrected chi connectivity index (χ4v) is 0.850. The van der Waals surface area contributed by atoms with E-state index in [1.54, 1.807) is 12.1 Å². The molecule has 2 N–H and O–H groups in total. The summed E-state index contributed by atoms with van der Waals surface area (Å²) in [5.74, 6) is 5.11. The summed E-state index contributed by atoms with van der Waals surface area (Å²) in [5.41, 5.74) is 0.631. The van der Waals surface area contributed by atoms with Gasteiger partial charge >= 0.3 is 0 Å². The van der Waals surface area contributed by atoms with Crippen LogP contribution in [-0.2, 0) is 0 Å². The van der Waals surface area contributed by atoms with Gasteiger partial charge in [0.25, 0.3) is 0 Å². The smallest absolute Gasteiger partial charge is 0.135 e. The van der Waals surface area contributed by atoms with Crippen LogP contribution in [0.5, 0.6) is 5.75 Å². The summed E-state index contributed by atoms with van der Waals surface area (Å²) in [6.07, 6.45) is 0. The summed E-state index contributed by atoms with van der Waals surface area (Å²) in [6.45, 7) is -0.191. The molecule has 2 nitrogen and oxygen atoms in total. The number of hydrogen-bond donors (Lipinski definition) is 2. The zero-order chi connectivity index (χ0) is 8.97. The summed E-state index contributed by atoms with van der Waals surface area (Å²) in [5, 5.41) is 17.8. The highest BCUT2D eigenvalue weighted by atomic mass is 35.5. The maximum Gasteiger partial charge on any atom is 0.135 e. The summed E-state index contributed by atoms with van der Waals surface area (Å²) >= 11 is 5.57. The number of halogens is 1. The summed E-state index contributed by atoms with van der Waals surface area (Å²) in [6, 6.07) is 4.67. The maximum absolute atomic E-state index is 9.14. The minimum Gasteiger partial charge on any atom is -0.506 e. The van der Waals surface area contributed by atoms with Crippen LogP contribution < -0.4 is 0 Å². The van der Waals surface area contributed by atoms with E-state index in [1.165, 1.54) is 6.07 Å². The van der Waals surface area contributed by atoms with Gasteiger partial charge in [-0.1, -0.05) is 23.4 Å². The highest BCUT2D eigenvalue weighted by Gasteiger charge is 1.96. The molecule has 0 spiro atoms. The Morgan fingerprint density at radius 3 is 2.75 bits per heavy atom. The van der Waals surface area contributed by atoms with Gasteiger partial charge in [0.2, 0.25) is 0 Å². The van der Waals surface area contributed by atoms with Crippen LogP contribution in [-0.4, -0.2) is 16.8 Å². The predicted molar refractivity (Wildman–Crippen MR) is 47.1 cm³/mol. The second kappa shape index (κ2) is 4.01. The Labute approximate surface area is 75.4 Å². The van der Waals surface area contributed by atoms with Crippen molar-refractivity contribution in [2.24, 2.45) is 0 Å². The third-order valence-corrected chi connectivity index (χ3v) is 1.58. The Morgan fingerprint density at radius 1 is 1.42 bits per heavy atom. The summed E-state index contributed by atoms with van der Waals surface area (Å²) in [4.78, 5) is 0. The van der Waals surface area contributed by atoms with E-state index in [0.29, 0.717) is 10.6 Å². The Balaban J connectivity index is 2.97. The van der Waals surface area contributed by atoms with E-state index in [4.69, 9.17) is 21.8 Å². The lowest BCUT2D eigenvalue weighted by Gasteiger charge is -1.95. The lowest BCUT2D eigenvalue weighted by atomic mass is 10.2. The van der Waals surface area contributed by atoms with Crippen LogP contribution in [0.2, 0.25) is 5.02 Å². The largest absolute Gasteiger partial charge is 0.506 e. The molecule has 0 atom stereocenters. The molecule has 0 aliphatic rings. The first-order valence-corrected chi connectivity index (χ1v) is 3.70. The van der Waals surface area contributed by atoms with Crippen molar-refractivity contribution >= 4 is 11.6 Å². The second-order valence-electron chi connectivity index (χ2n) is 2.13. The molecule has 0 heterocycles. The van der Waals surface area contributed by atoms with Crippen molar-refractivity contribution in [2.45, 2.75) is 0 Å². The molecule has 0 unspecified atom stereocenters. The lowest BCUT2D eigenvalue weighted by molar-refractivity contribution is 0.350. The number of hydrogen-bond acceptors (Lipinski definition) is 2. The number of phenolic OH excluding ortho intramolecular Hbond substituents is 1. The minimum absolute atomic E-state index is 0.00130. The van der Waals surface area contributed by atoms with Gasteiger partial charge in [0.1, 0.15) is 12.4 Å². The van der Waals surface area contributed by atoms with Gasteiger partial charge in [-0.15, -0.1) is 0 Å². The van der Waals surface area contributed by atoms with Crippen molar-refractivity contribution in [1.82, 2.24) is 0 Å². The molecule has 1 aromatic carbocycles. The minimum atomic E-state index is -0.191. The number of aliphatic hydroxyl groups excluding tert-OH is 1. The molecular weight excluding hydrogens is 176 g/mol. The number of benzene rings is 1. The molecule has 1 rings (SSSR count). The van der Waals surface area contributed by atoms with Crippen LogP contribution in [0.25, 0.3) is 0 Å². The van der Waals surface area contributed by atoms with Gasteiger partial charge in [0, 0.05) is 5.56 Å². The monoisotopic (exact) mass is 182 g/mol. The van der Waals surface area contributed by atoms with Crippen molar-refractivity contribution in [3.63, 3.8) is 0 Å². The van der Waals surface area contributed by atoms with Gasteiger partial charge < -0.3 is 10.2 Å². The van der Waals surface area contributed by atoms with E-state index in [9.17, 15) is 0 Å². The first kappa shape index (κ1) is 8.92. The normalized spacial score (nSPS) is 8.83. The Bertz CT molecular complexity index is 336. The van der Waals surface area contributed by atoms with E-state index < -0.39 is 0 Å². The zero-order valence-electron chi connectivity index (χ0n) is 6.21. The van der Waals surface area contributed by atoms with Crippen LogP contribution in [0.3, 0.4) is 0 Å². The topological polar surface area (TPSA) is 40.5 Å². The fourth-order valence-electron chi connectivity index (χ4n) is 0.732. The number of aromatic hydroxyl groups is 1. The molecule has 0 bridgehead atoms. The molecule has 12 heavy (non-hydrogen) atoms. The molecule has 0 aliphatic carbocycles. The van der Waals surface area contributed by atoms with Crippen molar-refractivity contribution in [1.29, 1.82) is 0 Å². The molecular formula is C9H7ClO2. The number of rotatable bonds is 0. The van der Waals surface area contributed by atoms with Crippen molar-refractivity contribution in [3.8, 4) is 17.6 Å². The first-order valence-electron chi connectivity index (χ1n) is 3.32. The van der Waals surface area contributed by atoms with Crippen molar-refractivity contribution < 1.29 is 10.2 Å². The van der Waals surface area contributed by atoms with E-state index in [-0.39, 0.29) is 12.4 Å². The SMILES string of the molecule is OCC#Cc1ccc(Cl)c(O)c1. The van der Waals surface area contributed by atoms with E-state index in [0.717, 1.165) is 0 Å². The average molecular weight is 183 g/mol. The first-order chi connectivity index (χ1) is 5.74. The predicted octanol–water partition coefficient (Wildman–Crippen LogP) is 1.39. The van der Waals surface area contributed by atoms with Gasteiger partial charge in [-0.25, -0.2) is 0 Å². The number of phenols is 1. The maximum atomic E-state index is 9.14. The molecule has 0 fully saturated rings. The van der Waals surface area contributed by atoms with E-state index >= 15 is 0 Å². The fraction of sp³-hybridized carbons (Fsp3) is 0.111. The van der Waals surface area contributed by atoms with Gasteiger partial charge in [-0.2, -0.15) is 0 Å². The van der Waals surface area contributed by atoms with Crippen LogP contribution in [0, 0.1) is 11.8 Å². The highest BCUT2D eigenvalue weighted by Crippen LogP contribution is 2.22. The van der Waals surface area contributed by atoms with Crippen LogP contribution in [0.1, 0.15) is 5.56 Å². The van der Waals surface area contributed by atoms with Gasteiger partial charge in [0.15, 0.2) is 0 Å². The third-order valence-electron chi connectivity index (χ3n) is 1.26. The molecule has 0 saturated heterocycles. The van der Waals surface area contributed by atoms with E-state index in [2.05, 4.69) is 11.8 Å². The van der Waals surface area contributed by atoms with Crippen LogP contribution in [0.4, 0.5) is 0 Å². The Hall–Kier alpha value is -1.17. The number of aliphatic hydroxyl groups is 1. The van der Waals surface area contributed by atoms with Gasteiger partial charge in [-0.05, 0) is 18.2 Å². The van der Waals surface area contributed by atoms with Gasteiger partial charge in [0.05, 0.1) is 5.02 Å². The molecule has 3 heteroatoms. The quantitative estimate of drug-likeness (QED) is 0.596. The van der Waals surface area contributed by atoms with Gasteiger partial charge in [-0.3, -0.25) is 0 Å². The Kier molecular flexibility index (Phi) is 2.98. The molecule has 62 valence electrons. The van der Waals surface area contributed by atoms with E-state index in [1.807, 2.05) is 0 Å². The molecule has 0 aromatic heterocycles. The Morgan fingerprint density at radius 2 is 2.17 bits per heavy atom. The molecule has 1 aromatic rings. The molecule has 0 saturated carbocycles.